The Labute approximate surface area is 108 Å². The zero-order valence-corrected chi connectivity index (χ0v) is 11.4. The molecule has 4 heteroatoms. The van der Waals surface area contributed by atoms with Crippen molar-refractivity contribution in [2.75, 3.05) is 14.2 Å². The fraction of sp³-hybridized carbons (Fsp3) is 0.500. The summed E-state index contributed by atoms with van der Waals surface area (Å²) in [4.78, 5) is 0. The number of nitrogens with two attached hydrogens (primary N) is 1. The molecular formula is C14H20N2O2. The Bertz CT molecular complexity index is 452. The Kier molecular flexibility index (Phi) is 4.99. The molecule has 1 aromatic carbocycles. The van der Waals surface area contributed by atoms with Crippen LogP contribution in [0.5, 0.6) is 11.5 Å². The van der Waals surface area contributed by atoms with Crippen LogP contribution in [0.4, 0.5) is 0 Å². The largest absolute Gasteiger partial charge is 0.496 e. The molecule has 0 aromatic heterocycles. The zero-order valence-electron chi connectivity index (χ0n) is 11.4. The Morgan fingerprint density at radius 3 is 2.33 bits per heavy atom. The highest BCUT2D eigenvalue weighted by Gasteiger charge is 2.22. The second-order valence-corrected chi connectivity index (χ2v) is 4.23. The van der Waals surface area contributed by atoms with Crippen molar-refractivity contribution in [3.8, 4) is 17.6 Å². The first-order valence-electron chi connectivity index (χ1n) is 5.96. The van der Waals surface area contributed by atoms with E-state index in [1.54, 1.807) is 14.2 Å². The van der Waals surface area contributed by atoms with E-state index < -0.39 is 0 Å². The molecule has 0 saturated heterocycles. The van der Waals surface area contributed by atoms with Crippen molar-refractivity contribution in [3.05, 3.63) is 23.3 Å². The average Bonchev–Trinajstić information content (AvgIpc) is 2.39. The molecule has 98 valence electrons. The van der Waals surface area contributed by atoms with Crippen LogP contribution < -0.4 is 15.2 Å². The van der Waals surface area contributed by atoms with E-state index in [0.29, 0.717) is 12.2 Å². The number of nitriles is 1. The Morgan fingerprint density at radius 2 is 1.89 bits per heavy atom. The minimum atomic E-state index is -0.371. The topological polar surface area (TPSA) is 68.3 Å². The molecule has 0 aliphatic heterocycles. The molecule has 0 saturated carbocycles. The number of aryl methyl sites for hydroxylation is 1. The number of rotatable bonds is 5. The zero-order chi connectivity index (χ0) is 13.7. The van der Waals surface area contributed by atoms with Gasteiger partial charge in [-0.25, -0.2) is 0 Å². The number of methoxy groups -OCH3 is 2. The average molecular weight is 248 g/mol. The van der Waals surface area contributed by atoms with Crippen LogP contribution >= 0.6 is 0 Å². The van der Waals surface area contributed by atoms with Crippen LogP contribution in [0.1, 0.15) is 30.5 Å². The van der Waals surface area contributed by atoms with Crippen molar-refractivity contribution in [2.45, 2.75) is 26.3 Å². The van der Waals surface area contributed by atoms with Gasteiger partial charge in [0.05, 0.1) is 26.2 Å². The molecule has 2 N–H and O–H groups in total. The van der Waals surface area contributed by atoms with Crippen LogP contribution in [0.2, 0.25) is 0 Å². The van der Waals surface area contributed by atoms with Gasteiger partial charge in [-0.1, -0.05) is 6.92 Å². The van der Waals surface area contributed by atoms with Crippen molar-refractivity contribution in [3.63, 3.8) is 0 Å². The Balaban J connectivity index is 3.25. The Hall–Kier alpha value is -1.73. The van der Waals surface area contributed by atoms with Gasteiger partial charge in [0.1, 0.15) is 11.5 Å². The second kappa shape index (κ2) is 6.27. The first-order valence-corrected chi connectivity index (χ1v) is 5.96. The quantitative estimate of drug-likeness (QED) is 0.869. The lowest BCUT2D eigenvalue weighted by molar-refractivity contribution is 0.386. The molecule has 1 aromatic rings. The van der Waals surface area contributed by atoms with E-state index in [2.05, 4.69) is 6.07 Å². The summed E-state index contributed by atoms with van der Waals surface area (Å²) < 4.78 is 10.6. The predicted octanol–water partition coefficient (Wildman–Crippen LogP) is 2.56. The van der Waals surface area contributed by atoms with Gasteiger partial charge >= 0.3 is 0 Å². The molecule has 0 amide bonds. The molecule has 2 unspecified atom stereocenters. The number of nitrogens with zero attached hydrogens (tertiary/aromatic N) is 1. The maximum Gasteiger partial charge on any atom is 0.124 e. The van der Waals surface area contributed by atoms with Crippen molar-refractivity contribution >= 4 is 0 Å². The van der Waals surface area contributed by atoms with Crippen LogP contribution in [0.15, 0.2) is 12.1 Å². The van der Waals surface area contributed by atoms with Crippen molar-refractivity contribution in [2.24, 2.45) is 11.7 Å². The lowest BCUT2D eigenvalue weighted by atomic mass is 9.91. The first-order chi connectivity index (χ1) is 8.58. The molecule has 2 atom stereocenters. The van der Waals surface area contributed by atoms with Crippen molar-refractivity contribution < 1.29 is 9.47 Å². The summed E-state index contributed by atoms with van der Waals surface area (Å²) in [5.41, 5.74) is 7.95. The third kappa shape index (κ3) is 2.74. The molecule has 0 heterocycles. The molecule has 0 aliphatic carbocycles. The van der Waals surface area contributed by atoms with Crippen LogP contribution in [0.3, 0.4) is 0 Å². The van der Waals surface area contributed by atoms with E-state index in [4.69, 9.17) is 20.5 Å². The van der Waals surface area contributed by atoms with Gasteiger partial charge < -0.3 is 15.2 Å². The number of ether oxygens (including phenoxy) is 2. The molecule has 0 aliphatic rings. The van der Waals surface area contributed by atoms with Gasteiger partial charge in [-0.2, -0.15) is 5.26 Å². The highest BCUT2D eigenvalue weighted by atomic mass is 16.5. The second-order valence-electron chi connectivity index (χ2n) is 4.23. The van der Waals surface area contributed by atoms with Crippen LogP contribution in [-0.4, -0.2) is 14.2 Å². The van der Waals surface area contributed by atoms with Crippen molar-refractivity contribution in [1.82, 2.24) is 0 Å². The van der Waals surface area contributed by atoms with E-state index in [1.165, 1.54) is 0 Å². The summed E-state index contributed by atoms with van der Waals surface area (Å²) in [5.74, 6) is 1.23. The highest BCUT2D eigenvalue weighted by molar-refractivity contribution is 5.47. The van der Waals surface area contributed by atoms with Crippen LogP contribution in [0.25, 0.3) is 0 Å². The SMILES string of the molecule is CCC(C#N)C(N)c1cc(OC)c(C)cc1OC. The summed E-state index contributed by atoms with van der Waals surface area (Å²) in [5, 5.41) is 9.10. The molecule has 4 nitrogen and oxygen atoms in total. The summed E-state index contributed by atoms with van der Waals surface area (Å²) in [6.07, 6.45) is 0.705. The van der Waals surface area contributed by atoms with Gasteiger partial charge in [0.25, 0.3) is 0 Å². The maximum absolute atomic E-state index is 9.10. The number of benzene rings is 1. The maximum atomic E-state index is 9.10. The minimum Gasteiger partial charge on any atom is -0.496 e. The van der Waals surface area contributed by atoms with Gasteiger partial charge in [-0.15, -0.1) is 0 Å². The lowest BCUT2D eigenvalue weighted by Crippen LogP contribution is -2.20. The van der Waals surface area contributed by atoms with Crippen molar-refractivity contribution in [1.29, 1.82) is 5.26 Å². The van der Waals surface area contributed by atoms with E-state index in [1.807, 2.05) is 26.0 Å². The molecule has 0 bridgehead atoms. The fourth-order valence-corrected chi connectivity index (χ4v) is 1.98. The molecule has 0 fully saturated rings. The third-order valence-electron chi connectivity index (χ3n) is 3.15. The molecule has 0 radical (unpaired) electrons. The highest BCUT2D eigenvalue weighted by Crippen LogP contribution is 2.34. The van der Waals surface area contributed by atoms with Gasteiger partial charge in [0.15, 0.2) is 0 Å². The summed E-state index contributed by atoms with van der Waals surface area (Å²) >= 11 is 0. The van der Waals surface area contributed by atoms with E-state index in [-0.39, 0.29) is 12.0 Å². The molecule has 1 rings (SSSR count). The standard InChI is InChI=1S/C14H20N2O2/c1-5-10(8-15)14(16)11-7-12(17-3)9(2)6-13(11)18-4/h6-7,10,14H,5,16H2,1-4H3. The number of hydrogen-bond acceptors (Lipinski definition) is 4. The normalized spacial score (nSPS) is 13.6. The first kappa shape index (κ1) is 14.3. The monoisotopic (exact) mass is 248 g/mol. The van der Waals surface area contributed by atoms with Gasteiger partial charge in [0, 0.05) is 11.6 Å². The fourth-order valence-electron chi connectivity index (χ4n) is 1.98. The van der Waals surface area contributed by atoms with Crippen LogP contribution in [-0.2, 0) is 0 Å². The predicted molar refractivity (Wildman–Crippen MR) is 70.6 cm³/mol. The molecular weight excluding hydrogens is 228 g/mol. The van der Waals surface area contributed by atoms with Crippen LogP contribution in [0, 0.1) is 24.2 Å². The summed E-state index contributed by atoms with van der Waals surface area (Å²) in [6, 6.07) is 5.61. The summed E-state index contributed by atoms with van der Waals surface area (Å²) in [6.45, 7) is 3.89. The van der Waals surface area contributed by atoms with Gasteiger partial charge in [0.2, 0.25) is 0 Å². The molecule has 18 heavy (non-hydrogen) atoms. The lowest BCUT2D eigenvalue weighted by Gasteiger charge is -2.21. The third-order valence-corrected chi connectivity index (χ3v) is 3.15. The van der Waals surface area contributed by atoms with E-state index in [0.717, 1.165) is 16.9 Å². The van der Waals surface area contributed by atoms with Gasteiger partial charge in [-0.05, 0) is 31.0 Å². The van der Waals surface area contributed by atoms with E-state index in [9.17, 15) is 0 Å². The minimum absolute atomic E-state index is 0.230. The Morgan fingerprint density at radius 1 is 1.28 bits per heavy atom. The van der Waals surface area contributed by atoms with E-state index >= 15 is 0 Å². The summed E-state index contributed by atoms with van der Waals surface area (Å²) in [7, 11) is 3.22. The smallest absolute Gasteiger partial charge is 0.124 e. The number of hydrogen-bond donors (Lipinski definition) is 1. The molecule has 0 spiro atoms. The van der Waals surface area contributed by atoms with Gasteiger partial charge in [-0.3, -0.25) is 0 Å².